The Morgan fingerprint density at radius 2 is 0.571 bits per heavy atom. The summed E-state index contributed by atoms with van der Waals surface area (Å²) in [6, 6.07) is 15.6. The summed E-state index contributed by atoms with van der Waals surface area (Å²) in [5, 5.41) is 23.9. The first-order chi connectivity index (χ1) is 71.3. The van der Waals surface area contributed by atoms with Crippen molar-refractivity contribution in [3.63, 3.8) is 0 Å². The van der Waals surface area contributed by atoms with Crippen LogP contribution in [0.4, 0.5) is 0 Å². The molecule has 8 aliphatic heterocycles. The van der Waals surface area contributed by atoms with Crippen LogP contribution in [0, 0.1) is 0 Å². The van der Waals surface area contributed by atoms with Crippen LogP contribution in [0.5, 0.6) is 46.0 Å². The standard InChI is InChI=1S/2C32H45NO12.C25H33NO8.C18H21NO4/c2*1-33-10-9-31-28-22-5-6-23(38-4)29(28)44-30(31)24(43-26(34)20-41-17-15-39-13-11-36-2)7-8-32(31,25(33)19-22)45-27(35)21-42-18-16-40-14-12-37-3;1-26-9-8-24-21-16-4-5-17(30-3)22(21)34-23(24)18(6-7-25(24,28)19(26)14-16)33-20(27)15-32-13-12-31-11-10-29-2;1-19-8-7-17-14-10-3-4-12(22-2)15(14)23-16(17)11(20)5-6-18(17,21)13(19)9-10/h2*5-7,25,30H,8-21H2,1-4H3;4-6,19,23,28H,7-15H2,1-3H3;3-4,13,16,21H,5-9H2,1-2H3/t2*25-,30?,31+,32-;19-,23?,24+,25-;13-,16?,17+,18-/m1111/s1. The van der Waals surface area contributed by atoms with E-state index in [1.807, 2.05) is 42.5 Å². The molecule has 2 N–H and O–H groups in total. The summed E-state index contributed by atoms with van der Waals surface area (Å²) in [6.07, 6.45) is 10.3. The Labute approximate surface area is 857 Å². The number of esters is 5. The van der Waals surface area contributed by atoms with E-state index in [9.17, 15) is 39.0 Å². The van der Waals surface area contributed by atoms with Crippen LogP contribution >= 0.6 is 0 Å². The van der Waals surface area contributed by atoms with Gasteiger partial charge in [0.1, 0.15) is 61.5 Å². The van der Waals surface area contributed by atoms with E-state index in [-0.39, 0.29) is 96.0 Å². The largest absolute Gasteiger partial charge is 0.493 e. The number of carbonyl (C=O) groups is 6. The van der Waals surface area contributed by atoms with Crippen LogP contribution in [0.25, 0.3) is 0 Å². The van der Waals surface area contributed by atoms with E-state index in [1.165, 1.54) is 5.56 Å². The highest BCUT2D eigenvalue weighted by molar-refractivity contribution is 5.90. The molecule has 0 amide bonds. The number of aliphatic hydroxyl groups is 2. The minimum atomic E-state index is -1.03. The van der Waals surface area contributed by atoms with Crippen molar-refractivity contribution in [3.05, 3.63) is 129 Å². The van der Waals surface area contributed by atoms with Gasteiger partial charge in [-0.1, -0.05) is 24.3 Å². The highest BCUT2D eigenvalue weighted by atomic mass is 16.7. The van der Waals surface area contributed by atoms with Gasteiger partial charge < -0.3 is 153 Å². The van der Waals surface area contributed by atoms with Crippen LogP contribution < -0.4 is 37.9 Å². The second kappa shape index (κ2) is 47.3. The van der Waals surface area contributed by atoms with Crippen molar-refractivity contribution in [1.29, 1.82) is 0 Å². The number of ether oxygens (including phenoxy) is 28. The number of Topliss-reactive ketones (excluding diaryl/α,β-unsaturated/α-hetero) is 1. The van der Waals surface area contributed by atoms with Gasteiger partial charge in [0.25, 0.3) is 0 Å². The summed E-state index contributed by atoms with van der Waals surface area (Å²) in [5.41, 5.74) is 1.72. The van der Waals surface area contributed by atoms with Crippen LogP contribution in [0.3, 0.4) is 0 Å². The maximum atomic E-state index is 13.4. The molecule has 8 heterocycles. The molecule has 20 rings (SSSR count). The van der Waals surface area contributed by atoms with Gasteiger partial charge in [-0.3, -0.25) is 14.6 Å². The van der Waals surface area contributed by atoms with Crippen LogP contribution in [0.15, 0.2) is 84.0 Å². The van der Waals surface area contributed by atoms with E-state index in [1.54, 1.807) is 64.0 Å². The minimum Gasteiger partial charge on any atom is -0.493 e. The van der Waals surface area contributed by atoms with Crippen LogP contribution in [-0.4, -0.2) is 420 Å². The fourth-order valence-corrected chi connectivity index (χ4v) is 26.3. The molecule has 4 aromatic carbocycles. The molecule has 4 spiro atoms. The first-order valence-corrected chi connectivity index (χ1v) is 51.0. The van der Waals surface area contributed by atoms with Crippen molar-refractivity contribution in [2.75, 3.05) is 284 Å². The molecule has 808 valence electrons. The fourth-order valence-electron chi connectivity index (χ4n) is 26.3. The average Bonchev–Trinajstić information content (AvgIpc) is 1.56. The smallest absolute Gasteiger partial charge is 0.337 e. The number of benzene rings is 4. The lowest BCUT2D eigenvalue weighted by Crippen LogP contribution is -2.76. The molecular formula is C107H144N4O36. The molecule has 4 saturated heterocycles. The lowest BCUT2D eigenvalue weighted by molar-refractivity contribution is -0.210. The fraction of sp³-hybridized carbons (Fsp3) is 0.664. The molecule has 16 aliphatic rings. The number of rotatable bonds is 49. The van der Waals surface area contributed by atoms with Gasteiger partial charge in [-0.25, -0.2) is 24.0 Å². The molecule has 4 aromatic rings. The normalized spacial score (nSPS) is 29.5. The van der Waals surface area contributed by atoms with Crippen molar-refractivity contribution in [3.8, 4) is 46.0 Å². The van der Waals surface area contributed by atoms with Gasteiger partial charge in [0.2, 0.25) is 0 Å². The van der Waals surface area contributed by atoms with Gasteiger partial charge >= 0.3 is 29.8 Å². The van der Waals surface area contributed by atoms with E-state index >= 15 is 0 Å². The van der Waals surface area contributed by atoms with Gasteiger partial charge in [0, 0.05) is 95.6 Å². The third-order valence-electron chi connectivity index (χ3n) is 32.7. The van der Waals surface area contributed by atoms with Crippen molar-refractivity contribution in [2.45, 2.75) is 176 Å². The SMILES string of the molecule is COCCOCCOCC(=O)OC1=CC[C@@]2(O)[C@H]3Cc4ccc(OC)c5c4[C@@]2(CCN3C)C1O5.COCCOCCOCC(=O)OC1=CC[C@@]2(OC(=O)COCCOCCOC)[C@H]3Cc4ccc(OC)c5c4[C@@]2(CCN3C)C1O5.COCCOCCOCC(=O)OC1=CC[C@@]2(OC(=O)COCCOCCOC)[C@H]3Cc4ccc(OC)c5c4[C@@]2(CCN3C)C1O5.COc1ccc2c3c1OC1C(=O)CC[C@@]4(O)[C@@H](C2)N(C)CC[C@]314. The number of likely N-dealkylation sites (N-methyl/N-ethyl adjacent to an activating group) is 4. The van der Waals surface area contributed by atoms with Gasteiger partial charge in [0.05, 0.1) is 206 Å². The van der Waals surface area contributed by atoms with Gasteiger partial charge in [-0.2, -0.15) is 0 Å². The van der Waals surface area contributed by atoms with Crippen molar-refractivity contribution in [1.82, 2.24) is 19.6 Å². The number of ketones is 1. The monoisotopic (exact) mass is 2060 g/mol. The number of hydrogen-bond acceptors (Lipinski definition) is 40. The Bertz CT molecular complexity index is 5260. The first-order valence-electron chi connectivity index (χ1n) is 51.0. The van der Waals surface area contributed by atoms with E-state index in [2.05, 4.69) is 72.1 Å². The zero-order valence-corrected chi connectivity index (χ0v) is 86.7. The van der Waals surface area contributed by atoms with E-state index in [0.29, 0.717) is 227 Å². The Morgan fingerprint density at radius 3 is 0.898 bits per heavy atom. The maximum absolute atomic E-state index is 13.4. The number of nitrogens with zero attached hydrogens (tertiary/aromatic N) is 4. The summed E-state index contributed by atoms with van der Waals surface area (Å²) >= 11 is 0. The topological polar surface area (TPSA) is 414 Å². The van der Waals surface area contributed by atoms with Gasteiger partial charge in [-0.05, 0) is 177 Å². The van der Waals surface area contributed by atoms with E-state index in [0.717, 1.165) is 84.4 Å². The van der Waals surface area contributed by atoms with Crippen molar-refractivity contribution >= 4 is 35.6 Å². The third kappa shape index (κ3) is 19.8. The summed E-state index contributed by atoms with van der Waals surface area (Å²) in [5.74, 6) is 3.75. The Kier molecular flexibility index (Phi) is 35.0. The van der Waals surface area contributed by atoms with Crippen molar-refractivity contribution in [2.24, 2.45) is 0 Å². The molecule has 40 nitrogen and oxygen atoms in total. The first kappa shape index (κ1) is 109. The molecule has 147 heavy (non-hydrogen) atoms. The quantitative estimate of drug-likeness (QED) is 0.0330. The predicted octanol–water partition coefficient (Wildman–Crippen LogP) is 5.10. The van der Waals surface area contributed by atoms with Crippen LogP contribution in [-0.2, 0) is 171 Å². The third-order valence-corrected chi connectivity index (χ3v) is 32.7. The molecule has 5 fully saturated rings. The van der Waals surface area contributed by atoms with E-state index < -0.39 is 98.3 Å². The molecule has 4 unspecified atom stereocenters. The zero-order valence-electron chi connectivity index (χ0n) is 86.7. The number of piperidine rings is 4. The van der Waals surface area contributed by atoms with Crippen molar-refractivity contribution < 1.29 is 172 Å². The number of hydrogen-bond donors (Lipinski definition) is 2. The number of methoxy groups -OCH3 is 9. The summed E-state index contributed by atoms with van der Waals surface area (Å²) in [6.45, 7) is 9.73. The molecule has 1 saturated carbocycles. The maximum Gasteiger partial charge on any atom is 0.337 e. The van der Waals surface area contributed by atoms with E-state index in [4.69, 9.17) is 133 Å². The minimum absolute atomic E-state index is 0.0438. The molecule has 8 bridgehead atoms. The molecule has 16 atom stereocenters. The molecule has 8 aliphatic carbocycles. The van der Waals surface area contributed by atoms with Crippen LogP contribution in [0.2, 0.25) is 0 Å². The number of likely N-dealkylation sites (tertiary alicyclic amines) is 4. The van der Waals surface area contributed by atoms with Gasteiger partial charge in [-0.15, -0.1) is 0 Å². The molecular weight excluding hydrogens is 1920 g/mol. The average molecular weight is 2060 g/mol. The summed E-state index contributed by atoms with van der Waals surface area (Å²) in [4.78, 5) is 87.0. The second-order valence-corrected chi connectivity index (χ2v) is 39.9. The number of carbonyl (C=O) groups excluding carboxylic acids is 6. The Hall–Kier alpha value is -9.32. The lowest BCUT2D eigenvalue weighted by Gasteiger charge is -2.62. The lowest BCUT2D eigenvalue weighted by atomic mass is 9.49. The zero-order chi connectivity index (χ0) is 104. The van der Waals surface area contributed by atoms with Gasteiger partial charge in [0.15, 0.2) is 76.2 Å². The Morgan fingerprint density at radius 1 is 0.313 bits per heavy atom. The summed E-state index contributed by atoms with van der Waals surface area (Å²) < 4.78 is 159. The summed E-state index contributed by atoms with van der Waals surface area (Å²) in [7, 11) is 22.7. The predicted molar refractivity (Wildman–Crippen MR) is 521 cm³/mol. The molecule has 0 radical (unpaired) electrons. The second-order valence-electron chi connectivity index (χ2n) is 39.9. The highest BCUT2D eigenvalue weighted by Crippen LogP contribution is 2.71. The molecule has 0 aromatic heterocycles. The van der Waals surface area contributed by atoms with Crippen LogP contribution in [0.1, 0.15) is 102 Å². The Balaban J connectivity index is 0.000000137. The molecule has 40 heteroatoms. The highest BCUT2D eigenvalue weighted by Gasteiger charge is 2.79.